The van der Waals surface area contributed by atoms with Crippen LogP contribution in [0.4, 0.5) is 0 Å². The molecule has 0 aliphatic rings. The number of quaternary nitrogens is 1. The van der Waals surface area contributed by atoms with E-state index in [9.17, 15) is 0 Å². The third kappa shape index (κ3) is 16.8. The third-order valence-electron chi connectivity index (χ3n) is 5.38. The molecular weight excluding hydrogens is 294 g/mol. The molecule has 0 bridgehead atoms. The Hall–Kier alpha value is -0.0800. The molecule has 0 saturated carbocycles. The van der Waals surface area contributed by atoms with Crippen LogP contribution in [0.2, 0.25) is 0 Å². The van der Waals surface area contributed by atoms with Crippen LogP contribution < -0.4 is 0 Å². The van der Waals surface area contributed by atoms with Gasteiger partial charge in [-0.05, 0) is 25.7 Å². The van der Waals surface area contributed by atoms with Crippen molar-refractivity contribution in [3.8, 4) is 0 Å². The summed E-state index contributed by atoms with van der Waals surface area (Å²) in [5.41, 5.74) is 0. The van der Waals surface area contributed by atoms with E-state index in [4.69, 9.17) is 0 Å². The molecule has 0 aromatic rings. The average Bonchev–Trinajstić information content (AvgIpc) is 2.50. The normalized spacial score (nSPS) is 11.8. The van der Waals surface area contributed by atoms with Crippen molar-refractivity contribution >= 4 is 0 Å². The highest BCUT2D eigenvalue weighted by Crippen LogP contribution is 2.20. The largest absolute Gasteiger partial charge is 0.870 e. The van der Waals surface area contributed by atoms with Crippen LogP contribution in [0.5, 0.6) is 0 Å². The molecule has 2 heteroatoms. The van der Waals surface area contributed by atoms with E-state index < -0.39 is 0 Å². The van der Waals surface area contributed by atoms with E-state index in [1.54, 1.807) is 0 Å². The van der Waals surface area contributed by atoms with Crippen molar-refractivity contribution in [3.63, 3.8) is 0 Å². The topological polar surface area (TPSA) is 30.0 Å². The average molecular weight is 344 g/mol. The summed E-state index contributed by atoms with van der Waals surface area (Å²) in [5.74, 6) is 0. The molecule has 0 unspecified atom stereocenters. The number of unbranched alkanes of at least 4 members (excludes halogenated alkanes) is 12. The van der Waals surface area contributed by atoms with Crippen molar-refractivity contribution in [1.82, 2.24) is 0 Å². The number of hydrogen-bond acceptors (Lipinski definition) is 1. The Labute approximate surface area is 154 Å². The highest BCUT2D eigenvalue weighted by Gasteiger charge is 2.22. The molecule has 0 aromatic heterocycles. The van der Waals surface area contributed by atoms with Crippen LogP contribution in [0.1, 0.15) is 117 Å². The maximum absolute atomic E-state index is 2.40. The molecule has 0 aliphatic heterocycles. The molecule has 0 saturated heterocycles. The summed E-state index contributed by atoms with van der Waals surface area (Å²) >= 11 is 0. The zero-order chi connectivity index (χ0) is 17.4. The second-order valence-corrected chi connectivity index (χ2v) is 8.59. The fraction of sp³-hybridized carbons (Fsp3) is 1.00. The van der Waals surface area contributed by atoms with Gasteiger partial charge in [-0.1, -0.05) is 90.9 Å². The van der Waals surface area contributed by atoms with Gasteiger partial charge in [0.2, 0.25) is 0 Å². The van der Waals surface area contributed by atoms with Gasteiger partial charge in [-0.2, -0.15) is 0 Å². The minimum atomic E-state index is 0. The molecule has 0 amide bonds. The zero-order valence-corrected chi connectivity index (χ0v) is 17.8. The van der Waals surface area contributed by atoms with E-state index in [1.807, 2.05) is 0 Å². The van der Waals surface area contributed by atoms with E-state index in [0.29, 0.717) is 0 Å². The van der Waals surface area contributed by atoms with Crippen LogP contribution >= 0.6 is 0 Å². The number of hydrogen-bond donors (Lipinski definition) is 0. The maximum Gasteiger partial charge on any atom is 0.0884 e. The van der Waals surface area contributed by atoms with Crippen LogP contribution in [-0.4, -0.2) is 37.1 Å². The molecule has 0 spiro atoms. The Balaban J connectivity index is 0. The summed E-state index contributed by atoms with van der Waals surface area (Å²) in [4.78, 5) is 0. The van der Waals surface area contributed by atoms with Gasteiger partial charge in [0.25, 0.3) is 0 Å². The molecule has 0 aromatic carbocycles. The van der Waals surface area contributed by atoms with Crippen molar-refractivity contribution in [2.75, 3.05) is 21.1 Å². The lowest BCUT2D eigenvalue weighted by Gasteiger charge is -2.34. The molecule has 24 heavy (non-hydrogen) atoms. The molecule has 0 fully saturated rings. The molecule has 1 N–H and O–H groups in total. The van der Waals surface area contributed by atoms with Gasteiger partial charge >= 0.3 is 0 Å². The van der Waals surface area contributed by atoms with E-state index in [2.05, 4.69) is 35.0 Å². The minimum Gasteiger partial charge on any atom is -0.870 e. The highest BCUT2D eigenvalue weighted by atomic mass is 16.0. The van der Waals surface area contributed by atoms with Gasteiger partial charge < -0.3 is 9.96 Å². The molecule has 2 nitrogen and oxygen atoms in total. The lowest BCUT2D eigenvalue weighted by Crippen LogP contribution is -2.45. The van der Waals surface area contributed by atoms with Crippen LogP contribution in [-0.2, 0) is 0 Å². The standard InChI is InChI=1S/C22H48N.H2O/c1-6-8-10-12-14-16-18-20-22(23(3,4)5)21-19-17-15-13-11-9-7-2;/h22H,6-21H2,1-5H3;1H2/q+1;/p-1. The zero-order valence-electron chi connectivity index (χ0n) is 17.8. The van der Waals surface area contributed by atoms with Crippen LogP contribution in [0.15, 0.2) is 0 Å². The highest BCUT2D eigenvalue weighted by molar-refractivity contribution is 4.60. The van der Waals surface area contributed by atoms with E-state index >= 15 is 0 Å². The summed E-state index contributed by atoms with van der Waals surface area (Å²) in [6.45, 7) is 4.60. The Kier molecular flexibility index (Phi) is 19.3. The lowest BCUT2D eigenvalue weighted by molar-refractivity contribution is -0.896. The lowest BCUT2D eigenvalue weighted by atomic mass is 9.98. The fourth-order valence-corrected chi connectivity index (χ4v) is 3.59. The maximum atomic E-state index is 2.40. The predicted octanol–water partition coefficient (Wildman–Crippen LogP) is 7.17. The molecule has 0 aliphatic carbocycles. The van der Waals surface area contributed by atoms with Crippen molar-refractivity contribution < 1.29 is 9.96 Å². The van der Waals surface area contributed by atoms with Crippen LogP contribution in [0.25, 0.3) is 0 Å². The summed E-state index contributed by atoms with van der Waals surface area (Å²) in [6, 6.07) is 0.876. The summed E-state index contributed by atoms with van der Waals surface area (Å²) in [5, 5.41) is 0. The SMILES string of the molecule is CCCCCCCCCC(CCCCCCCCC)[N+](C)(C)C.[OH-]. The van der Waals surface area contributed by atoms with Gasteiger partial charge in [-0.15, -0.1) is 0 Å². The Morgan fingerprint density at radius 1 is 0.500 bits per heavy atom. The quantitative estimate of drug-likeness (QED) is 0.203. The van der Waals surface area contributed by atoms with Gasteiger partial charge in [0.05, 0.1) is 27.2 Å². The summed E-state index contributed by atoms with van der Waals surface area (Å²) in [6.07, 6.45) is 23.0. The minimum absolute atomic E-state index is 0. The van der Waals surface area contributed by atoms with Crippen LogP contribution in [0.3, 0.4) is 0 Å². The van der Waals surface area contributed by atoms with Crippen molar-refractivity contribution in [1.29, 1.82) is 0 Å². The van der Waals surface area contributed by atoms with Crippen molar-refractivity contribution in [2.24, 2.45) is 0 Å². The smallest absolute Gasteiger partial charge is 0.0884 e. The predicted molar refractivity (Wildman–Crippen MR) is 109 cm³/mol. The van der Waals surface area contributed by atoms with Gasteiger partial charge in [0, 0.05) is 0 Å². The first-order chi connectivity index (χ1) is 11.0. The van der Waals surface area contributed by atoms with E-state index in [1.165, 1.54) is 103 Å². The third-order valence-corrected chi connectivity index (χ3v) is 5.38. The first-order valence-corrected chi connectivity index (χ1v) is 10.8. The molecular formula is C22H49NO. The summed E-state index contributed by atoms with van der Waals surface area (Å²) in [7, 11) is 7.19. The number of nitrogens with zero attached hydrogens (tertiary/aromatic N) is 1. The van der Waals surface area contributed by atoms with E-state index in [-0.39, 0.29) is 5.48 Å². The van der Waals surface area contributed by atoms with E-state index in [0.717, 1.165) is 10.5 Å². The van der Waals surface area contributed by atoms with Gasteiger partial charge in [-0.3, -0.25) is 0 Å². The molecule has 0 rings (SSSR count). The monoisotopic (exact) mass is 343 g/mol. The van der Waals surface area contributed by atoms with Gasteiger partial charge in [0.15, 0.2) is 0 Å². The second-order valence-electron chi connectivity index (χ2n) is 8.59. The Morgan fingerprint density at radius 2 is 0.792 bits per heavy atom. The fourth-order valence-electron chi connectivity index (χ4n) is 3.59. The molecule has 0 atom stereocenters. The molecule has 0 heterocycles. The molecule has 148 valence electrons. The Bertz CT molecular complexity index is 217. The van der Waals surface area contributed by atoms with Gasteiger partial charge in [0.1, 0.15) is 0 Å². The van der Waals surface area contributed by atoms with Crippen molar-refractivity contribution in [2.45, 2.75) is 123 Å². The Morgan fingerprint density at radius 3 is 1.08 bits per heavy atom. The summed E-state index contributed by atoms with van der Waals surface area (Å²) < 4.78 is 1.16. The first-order valence-electron chi connectivity index (χ1n) is 10.8. The van der Waals surface area contributed by atoms with Gasteiger partial charge in [-0.25, -0.2) is 0 Å². The second kappa shape index (κ2) is 17.7. The first kappa shape index (κ1) is 26.2. The number of rotatable bonds is 17. The van der Waals surface area contributed by atoms with Crippen molar-refractivity contribution in [3.05, 3.63) is 0 Å². The molecule has 0 radical (unpaired) electrons. The van der Waals surface area contributed by atoms with Crippen LogP contribution in [0, 0.1) is 0 Å².